The Labute approximate surface area is 198 Å². The second kappa shape index (κ2) is 9.49. The minimum Gasteiger partial charge on any atom is -0.480 e. The van der Waals surface area contributed by atoms with Crippen LogP contribution in [0.15, 0.2) is 48.5 Å². The number of carboxylic acids is 1. The number of rotatable bonds is 7. The summed E-state index contributed by atoms with van der Waals surface area (Å²) in [5.74, 6) is -1.75. The van der Waals surface area contributed by atoms with Gasteiger partial charge in [0.1, 0.15) is 12.6 Å². The van der Waals surface area contributed by atoms with Crippen molar-refractivity contribution in [1.82, 2.24) is 10.6 Å². The summed E-state index contributed by atoms with van der Waals surface area (Å²) in [6, 6.07) is 15.1. The Kier molecular flexibility index (Phi) is 6.26. The minimum atomic E-state index is -0.989. The fraction of sp³-hybridized carbons (Fsp3) is 0.444. The van der Waals surface area contributed by atoms with E-state index in [0.717, 1.165) is 36.8 Å². The molecule has 2 amide bonds. The van der Waals surface area contributed by atoms with Gasteiger partial charge in [0, 0.05) is 12.0 Å². The summed E-state index contributed by atoms with van der Waals surface area (Å²) in [5.41, 5.74) is 4.62. The van der Waals surface area contributed by atoms with Gasteiger partial charge >= 0.3 is 12.1 Å². The summed E-state index contributed by atoms with van der Waals surface area (Å²) >= 11 is 0. The molecule has 2 saturated carbocycles. The first-order valence-corrected chi connectivity index (χ1v) is 12.2. The first-order valence-electron chi connectivity index (χ1n) is 12.2. The van der Waals surface area contributed by atoms with Crippen molar-refractivity contribution in [2.75, 3.05) is 6.61 Å². The first-order chi connectivity index (χ1) is 16.5. The molecule has 0 bridgehead atoms. The zero-order valence-corrected chi connectivity index (χ0v) is 19.0. The number of amides is 2. The molecule has 0 heterocycles. The second-order valence-electron chi connectivity index (χ2n) is 9.63. The van der Waals surface area contributed by atoms with Gasteiger partial charge in [0.15, 0.2) is 0 Å². The maximum absolute atomic E-state index is 12.9. The van der Waals surface area contributed by atoms with E-state index < -0.39 is 24.0 Å². The maximum atomic E-state index is 12.9. The van der Waals surface area contributed by atoms with Gasteiger partial charge in [-0.1, -0.05) is 61.4 Å². The Balaban J connectivity index is 1.19. The third-order valence-electron chi connectivity index (χ3n) is 7.68. The summed E-state index contributed by atoms with van der Waals surface area (Å²) in [4.78, 5) is 37.2. The van der Waals surface area contributed by atoms with Crippen LogP contribution < -0.4 is 10.6 Å². The Bertz CT molecular complexity index is 1050. The molecule has 34 heavy (non-hydrogen) atoms. The van der Waals surface area contributed by atoms with Crippen molar-refractivity contribution in [3.05, 3.63) is 59.7 Å². The molecule has 2 aromatic carbocycles. The van der Waals surface area contributed by atoms with E-state index in [2.05, 4.69) is 34.9 Å². The molecule has 3 N–H and O–H groups in total. The number of carboxylic acid groups (broad SMARTS) is 1. The van der Waals surface area contributed by atoms with Crippen molar-refractivity contribution < 1.29 is 24.2 Å². The Morgan fingerprint density at radius 2 is 1.53 bits per heavy atom. The van der Waals surface area contributed by atoms with Crippen molar-refractivity contribution in [2.24, 2.45) is 11.8 Å². The molecule has 7 heteroatoms. The molecule has 0 aliphatic heterocycles. The summed E-state index contributed by atoms with van der Waals surface area (Å²) in [7, 11) is 0. The van der Waals surface area contributed by atoms with E-state index in [1.807, 2.05) is 24.3 Å². The molecule has 178 valence electrons. The van der Waals surface area contributed by atoms with Gasteiger partial charge in [-0.3, -0.25) is 4.79 Å². The predicted molar refractivity (Wildman–Crippen MR) is 126 cm³/mol. The lowest BCUT2D eigenvalue weighted by Crippen LogP contribution is -2.52. The minimum absolute atomic E-state index is 0.00334. The molecule has 0 saturated heterocycles. The van der Waals surface area contributed by atoms with Crippen LogP contribution >= 0.6 is 0 Å². The molecule has 7 nitrogen and oxygen atoms in total. The Hall–Kier alpha value is -3.35. The second-order valence-corrected chi connectivity index (χ2v) is 9.63. The van der Waals surface area contributed by atoms with Crippen LogP contribution in [0.25, 0.3) is 11.1 Å². The van der Waals surface area contributed by atoms with Gasteiger partial charge < -0.3 is 20.5 Å². The average Bonchev–Trinajstić information content (AvgIpc) is 3.38. The Morgan fingerprint density at radius 3 is 2.12 bits per heavy atom. The summed E-state index contributed by atoms with van der Waals surface area (Å²) in [6.45, 7) is 0.214. The summed E-state index contributed by atoms with van der Waals surface area (Å²) in [5, 5.41) is 15.1. The van der Waals surface area contributed by atoms with E-state index >= 15 is 0 Å². The van der Waals surface area contributed by atoms with Crippen LogP contribution in [0.3, 0.4) is 0 Å². The van der Waals surface area contributed by atoms with E-state index in [1.165, 1.54) is 11.1 Å². The van der Waals surface area contributed by atoms with Crippen molar-refractivity contribution in [1.29, 1.82) is 0 Å². The number of carbonyl (C=O) groups is 3. The number of hydrogen-bond acceptors (Lipinski definition) is 4. The number of alkyl carbamates (subject to hydrolysis) is 1. The molecular weight excluding hydrogens is 432 g/mol. The molecule has 3 aliphatic carbocycles. The van der Waals surface area contributed by atoms with Crippen LogP contribution in [0.5, 0.6) is 0 Å². The molecule has 0 spiro atoms. The lowest BCUT2D eigenvalue weighted by Gasteiger charge is -2.32. The SMILES string of the molecule is O=C(NC1CCCC1C(=O)NC(C(=O)O)C1CCC1)OCC1c2ccccc2-c2ccccc21. The molecule has 3 atom stereocenters. The third-order valence-corrected chi connectivity index (χ3v) is 7.68. The van der Waals surface area contributed by atoms with Crippen LogP contribution in [0.2, 0.25) is 0 Å². The van der Waals surface area contributed by atoms with Crippen LogP contribution in [-0.2, 0) is 14.3 Å². The number of carbonyl (C=O) groups excluding carboxylic acids is 2. The molecule has 5 rings (SSSR count). The smallest absolute Gasteiger partial charge is 0.407 e. The fourth-order valence-corrected chi connectivity index (χ4v) is 5.65. The highest BCUT2D eigenvalue weighted by atomic mass is 16.5. The molecule has 2 aromatic rings. The molecular formula is C27H30N2O5. The lowest BCUT2D eigenvalue weighted by molar-refractivity contribution is -0.145. The summed E-state index contributed by atoms with van der Waals surface area (Å²) in [6.07, 6.45) is 4.20. The normalized spacial score (nSPS) is 22.2. The van der Waals surface area contributed by atoms with Crippen LogP contribution in [0.4, 0.5) is 4.79 Å². The monoisotopic (exact) mass is 462 g/mol. The number of hydrogen-bond donors (Lipinski definition) is 3. The number of fused-ring (bicyclic) bond motifs is 3. The molecule has 2 fully saturated rings. The van der Waals surface area contributed by atoms with Gasteiger partial charge in [0.2, 0.25) is 5.91 Å². The summed E-state index contributed by atoms with van der Waals surface area (Å²) < 4.78 is 5.64. The topological polar surface area (TPSA) is 105 Å². The van der Waals surface area contributed by atoms with Gasteiger partial charge in [-0.25, -0.2) is 9.59 Å². The van der Waals surface area contributed by atoms with E-state index in [4.69, 9.17) is 4.74 Å². The van der Waals surface area contributed by atoms with Gasteiger partial charge in [-0.15, -0.1) is 0 Å². The number of ether oxygens (including phenoxy) is 1. The van der Waals surface area contributed by atoms with Crippen molar-refractivity contribution in [2.45, 2.75) is 56.5 Å². The Morgan fingerprint density at radius 1 is 0.912 bits per heavy atom. The van der Waals surface area contributed by atoms with Crippen molar-refractivity contribution in [3.8, 4) is 11.1 Å². The first kappa shape index (κ1) is 22.4. The number of benzene rings is 2. The van der Waals surface area contributed by atoms with Crippen LogP contribution in [-0.4, -0.2) is 41.8 Å². The molecule has 3 unspecified atom stereocenters. The fourth-order valence-electron chi connectivity index (χ4n) is 5.65. The van der Waals surface area contributed by atoms with Crippen molar-refractivity contribution >= 4 is 18.0 Å². The van der Waals surface area contributed by atoms with Gasteiger partial charge in [-0.2, -0.15) is 0 Å². The van der Waals surface area contributed by atoms with Crippen LogP contribution in [0, 0.1) is 11.8 Å². The number of aliphatic carboxylic acids is 1. The van der Waals surface area contributed by atoms with Crippen LogP contribution in [0.1, 0.15) is 55.6 Å². The predicted octanol–water partition coefficient (Wildman–Crippen LogP) is 4.06. The quantitative estimate of drug-likeness (QED) is 0.576. The average molecular weight is 463 g/mol. The van der Waals surface area contributed by atoms with Gasteiger partial charge in [0.05, 0.1) is 5.92 Å². The van der Waals surface area contributed by atoms with E-state index in [1.54, 1.807) is 0 Å². The van der Waals surface area contributed by atoms with Gasteiger partial charge in [0.25, 0.3) is 0 Å². The van der Waals surface area contributed by atoms with E-state index in [0.29, 0.717) is 12.8 Å². The molecule has 0 aromatic heterocycles. The molecule has 3 aliphatic rings. The maximum Gasteiger partial charge on any atom is 0.407 e. The number of nitrogens with one attached hydrogen (secondary N) is 2. The standard InChI is InChI=1S/C27H30N2O5/c30-25(29-24(26(31)32)16-7-5-8-16)21-13-6-14-23(21)28-27(33)34-15-22-19-11-3-1-9-17(19)18-10-2-4-12-20(18)22/h1-4,9-12,16,21-24H,5-8,13-15H2,(H,28,33)(H,29,30)(H,31,32). The highest BCUT2D eigenvalue weighted by Crippen LogP contribution is 2.44. The highest BCUT2D eigenvalue weighted by molar-refractivity contribution is 5.86. The zero-order valence-electron chi connectivity index (χ0n) is 19.0. The highest BCUT2D eigenvalue weighted by Gasteiger charge is 2.39. The zero-order chi connectivity index (χ0) is 23.7. The lowest BCUT2D eigenvalue weighted by atomic mass is 9.79. The van der Waals surface area contributed by atoms with E-state index in [9.17, 15) is 19.5 Å². The van der Waals surface area contributed by atoms with Crippen molar-refractivity contribution in [3.63, 3.8) is 0 Å². The largest absolute Gasteiger partial charge is 0.480 e. The van der Waals surface area contributed by atoms with Gasteiger partial charge in [-0.05, 0) is 53.9 Å². The van der Waals surface area contributed by atoms with E-state index in [-0.39, 0.29) is 30.4 Å². The third kappa shape index (κ3) is 4.27. The molecule has 0 radical (unpaired) electrons.